The number of aliphatic hydroxyl groups excluding tert-OH is 4. The first-order valence-corrected chi connectivity index (χ1v) is 7.07. The fraction of sp³-hybridized carbons (Fsp3) is 0.923. The van der Waals surface area contributed by atoms with Crippen LogP contribution in [0.25, 0.3) is 0 Å². The zero-order valence-electron chi connectivity index (χ0n) is 13.2. The number of ether oxygens (including phenoxy) is 5. The van der Waals surface area contributed by atoms with Crippen molar-refractivity contribution in [2.75, 3.05) is 27.4 Å². The molecule has 2 fully saturated rings. The summed E-state index contributed by atoms with van der Waals surface area (Å²) in [5, 5.41) is 39.6. The quantitative estimate of drug-likeness (QED) is 0.398. The van der Waals surface area contributed by atoms with Gasteiger partial charge >= 0.3 is 6.15 Å². The number of carbonyl (C=O) groups excluding carboxylic acids is 2. The Hall–Kier alpha value is -0.980. The standard InChI is InChI=1S/C12H22O9.CO2/c1-17-9-5(13)3-20-12(7(9)15)21-10-6(14)4-19-11(18-2)8(10)16;2-1-3/h5-16H,3-4H2,1-2H3;/t5-,6-,7?,8?,9+,10+,11-,12-;/m1./s1. The molecule has 11 heteroatoms. The second kappa shape index (κ2) is 10.1. The summed E-state index contributed by atoms with van der Waals surface area (Å²) in [7, 11) is 2.70. The van der Waals surface area contributed by atoms with Gasteiger partial charge in [0.2, 0.25) is 0 Å². The molecule has 2 aliphatic rings. The fourth-order valence-electron chi connectivity index (χ4n) is 2.49. The lowest BCUT2D eigenvalue weighted by molar-refractivity contribution is -0.333. The zero-order chi connectivity index (χ0) is 18.3. The number of hydrogen-bond acceptors (Lipinski definition) is 11. The maximum Gasteiger partial charge on any atom is 0.373 e. The largest absolute Gasteiger partial charge is 0.388 e. The van der Waals surface area contributed by atoms with E-state index >= 15 is 0 Å². The van der Waals surface area contributed by atoms with Crippen LogP contribution in [0.5, 0.6) is 0 Å². The van der Waals surface area contributed by atoms with Crippen molar-refractivity contribution in [2.24, 2.45) is 0 Å². The van der Waals surface area contributed by atoms with Crippen LogP contribution in [0.1, 0.15) is 0 Å². The molecule has 0 aromatic rings. The molecule has 0 aliphatic carbocycles. The van der Waals surface area contributed by atoms with E-state index in [-0.39, 0.29) is 19.4 Å². The molecular weight excluding hydrogens is 332 g/mol. The van der Waals surface area contributed by atoms with E-state index < -0.39 is 49.2 Å². The van der Waals surface area contributed by atoms with Crippen LogP contribution >= 0.6 is 0 Å². The zero-order valence-corrected chi connectivity index (χ0v) is 13.2. The van der Waals surface area contributed by atoms with Crippen molar-refractivity contribution in [2.45, 2.75) is 49.2 Å². The molecule has 8 atom stereocenters. The normalized spacial score (nSPS) is 42.6. The number of hydrogen-bond donors (Lipinski definition) is 4. The SMILES string of the molecule is CO[C@@H]1OC[C@@H](O)[C@H](O[C@H]2OC[C@@H](O)[C@H](OC)C2O)C1O.O=C=O. The van der Waals surface area contributed by atoms with Gasteiger partial charge < -0.3 is 44.1 Å². The Morgan fingerprint density at radius 1 is 0.833 bits per heavy atom. The highest BCUT2D eigenvalue weighted by Gasteiger charge is 2.46. The first kappa shape index (κ1) is 21.1. The minimum absolute atomic E-state index is 0.0839. The van der Waals surface area contributed by atoms with Gasteiger partial charge in [0, 0.05) is 14.2 Å². The Morgan fingerprint density at radius 2 is 1.29 bits per heavy atom. The predicted octanol–water partition coefficient (Wildman–Crippen LogP) is -3.39. The van der Waals surface area contributed by atoms with E-state index in [0.717, 1.165) is 0 Å². The molecule has 0 radical (unpaired) electrons. The number of methoxy groups -OCH3 is 2. The van der Waals surface area contributed by atoms with E-state index in [4.69, 9.17) is 33.3 Å². The Morgan fingerprint density at radius 3 is 1.79 bits per heavy atom. The second-order valence-corrected chi connectivity index (χ2v) is 5.14. The third-order valence-corrected chi connectivity index (χ3v) is 3.65. The van der Waals surface area contributed by atoms with Gasteiger partial charge in [0.05, 0.1) is 13.2 Å². The highest BCUT2D eigenvalue weighted by molar-refractivity contribution is 5.20. The van der Waals surface area contributed by atoms with Crippen molar-refractivity contribution >= 4 is 6.15 Å². The predicted molar refractivity (Wildman–Crippen MR) is 71.2 cm³/mol. The Labute approximate surface area is 137 Å². The molecule has 2 rings (SSSR count). The summed E-state index contributed by atoms with van der Waals surface area (Å²) in [5.41, 5.74) is 0. The molecule has 2 unspecified atom stereocenters. The van der Waals surface area contributed by atoms with Crippen molar-refractivity contribution in [1.29, 1.82) is 0 Å². The molecule has 0 amide bonds. The third-order valence-electron chi connectivity index (χ3n) is 3.65. The van der Waals surface area contributed by atoms with Crippen LogP contribution < -0.4 is 0 Å². The van der Waals surface area contributed by atoms with Crippen LogP contribution in [0.3, 0.4) is 0 Å². The second-order valence-electron chi connectivity index (χ2n) is 5.14. The van der Waals surface area contributed by atoms with Crippen LogP contribution in [0.4, 0.5) is 0 Å². The monoisotopic (exact) mass is 354 g/mol. The molecule has 2 heterocycles. The van der Waals surface area contributed by atoms with E-state index in [1.807, 2.05) is 0 Å². The summed E-state index contributed by atoms with van der Waals surface area (Å²) >= 11 is 0. The van der Waals surface area contributed by atoms with E-state index in [9.17, 15) is 20.4 Å². The molecule has 0 spiro atoms. The van der Waals surface area contributed by atoms with Crippen molar-refractivity contribution in [3.8, 4) is 0 Å². The van der Waals surface area contributed by atoms with Crippen molar-refractivity contribution in [3.63, 3.8) is 0 Å². The van der Waals surface area contributed by atoms with E-state index in [2.05, 4.69) is 0 Å². The van der Waals surface area contributed by atoms with Gasteiger partial charge in [-0.2, -0.15) is 9.59 Å². The minimum Gasteiger partial charge on any atom is -0.388 e. The summed E-state index contributed by atoms with van der Waals surface area (Å²) in [4.78, 5) is 16.2. The Balaban J connectivity index is 0.000000891. The molecule has 2 saturated heterocycles. The topological polar surface area (TPSA) is 161 Å². The van der Waals surface area contributed by atoms with Gasteiger partial charge in [-0.3, -0.25) is 0 Å². The number of aliphatic hydroxyl groups is 4. The average Bonchev–Trinajstić information content (AvgIpc) is 2.55. The first-order chi connectivity index (χ1) is 11.4. The van der Waals surface area contributed by atoms with Crippen molar-refractivity contribution < 1.29 is 53.7 Å². The highest BCUT2D eigenvalue weighted by Crippen LogP contribution is 2.25. The first-order valence-electron chi connectivity index (χ1n) is 7.07. The van der Waals surface area contributed by atoms with Crippen LogP contribution in [-0.4, -0.2) is 103 Å². The Bertz CT molecular complexity index is 399. The molecule has 24 heavy (non-hydrogen) atoms. The lowest BCUT2D eigenvalue weighted by Gasteiger charge is -2.42. The molecule has 4 N–H and O–H groups in total. The highest BCUT2D eigenvalue weighted by atomic mass is 16.7. The summed E-state index contributed by atoms with van der Waals surface area (Å²) in [6, 6.07) is 0. The van der Waals surface area contributed by atoms with E-state index in [1.54, 1.807) is 0 Å². The minimum atomic E-state index is -1.26. The van der Waals surface area contributed by atoms with Crippen molar-refractivity contribution in [1.82, 2.24) is 0 Å². The molecule has 0 aromatic carbocycles. The average molecular weight is 354 g/mol. The van der Waals surface area contributed by atoms with E-state index in [1.165, 1.54) is 14.2 Å². The molecule has 0 aromatic heterocycles. The molecule has 0 saturated carbocycles. The maximum atomic E-state index is 10.1. The summed E-state index contributed by atoms with van der Waals surface area (Å²) in [5.74, 6) is 0. The Kier molecular flexibility index (Phi) is 8.87. The molecule has 140 valence electrons. The summed E-state index contributed by atoms with van der Waals surface area (Å²) < 4.78 is 25.7. The number of rotatable bonds is 4. The summed E-state index contributed by atoms with van der Waals surface area (Å²) in [6.45, 7) is -0.178. The molecule has 11 nitrogen and oxygen atoms in total. The van der Waals surface area contributed by atoms with Gasteiger partial charge in [-0.25, -0.2) is 0 Å². The van der Waals surface area contributed by atoms with Crippen LogP contribution in [0.15, 0.2) is 0 Å². The van der Waals surface area contributed by atoms with E-state index in [0.29, 0.717) is 0 Å². The summed E-state index contributed by atoms with van der Waals surface area (Å²) in [6.07, 6.45) is -8.38. The van der Waals surface area contributed by atoms with Crippen LogP contribution in [-0.2, 0) is 33.3 Å². The van der Waals surface area contributed by atoms with Gasteiger partial charge in [0.1, 0.15) is 36.6 Å². The fourth-order valence-corrected chi connectivity index (χ4v) is 2.49. The lowest BCUT2D eigenvalue weighted by Crippen LogP contribution is -2.60. The van der Waals surface area contributed by atoms with Gasteiger partial charge in [-0.05, 0) is 0 Å². The van der Waals surface area contributed by atoms with Gasteiger partial charge in [-0.1, -0.05) is 0 Å². The molecular formula is C13H22O11. The van der Waals surface area contributed by atoms with Gasteiger partial charge in [-0.15, -0.1) is 0 Å². The lowest BCUT2D eigenvalue weighted by atomic mass is 10.0. The molecule has 0 bridgehead atoms. The van der Waals surface area contributed by atoms with Gasteiger partial charge in [0.15, 0.2) is 12.6 Å². The van der Waals surface area contributed by atoms with Crippen LogP contribution in [0, 0.1) is 0 Å². The molecule has 2 aliphatic heterocycles. The van der Waals surface area contributed by atoms with Crippen LogP contribution in [0.2, 0.25) is 0 Å². The van der Waals surface area contributed by atoms with Gasteiger partial charge in [0.25, 0.3) is 0 Å². The third kappa shape index (κ3) is 5.01. The maximum absolute atomic E-state index is 10.1. The van der Waals surface area contributed by atoms with Crippen molar-refractivity contribution in [3.05, 3.63) is 0 Å². The smallest absolute Gasteiger partial charge is 0.373 e.